The molecule has 3 rings (SSSR count). The number of benzene rings is 3. The number of rotatable bonds is 6. The standard InChI is InChI=1S/C26H26O5/c1-26(2,3)31-25(28)21(16-18-12-14-20(15-13-18)24(27)29-4)17-30-23-11-7-9-19-8-5-6-10-22(19)23/h5-16H,17H2,1-4H3/b21-16+. The highest BCUT2D eigenvalue weighted by Crippen LogP contribution is 2.26. The predicted molar refractivity (Wildman–Crippen MR) is 121 cm³/mol. The summed E-state index contributed by atoms with van der Waals surface area (Å²) in [5.74, 6) is -0.180. The third-order valence-electron chi connectivity index (χ3n) is 4.47. The van der Waals surface area contributed by atoms with Crippen LogP contribution in [0.1, 0.15) is 36.7 Å². The van der Waals surface area contributed by atoms with Gasteiger partial charge in [0, 0.05) is 5.39 Å². The Morgan fingerprint density at radius 1 is 0.903 bits per heavy atom. The van der Waals surface area contributed by atoms with Crippen LogP contribution in [-0.4, -0.2) is 31.3 Å². The third kappa shape index (κ3) is 5.95. The van der Waals surface area contributed by atoms with E-state index in [1.807, 2.05) is 63.2 Å². The van der Waals surface area contributed by atoms with Crippen molar-refractivity contribution >= 4 is 28.8 Å². The summed E-state index contributed by atoms with van der Waals surface area (Å²) < 4.78 is 16.3. The lowest BCUT2D eigenvalue weighted by atomic mass is 10.1. The first-order valence-corrected chi connectivity index (χ1v) is 10.00. The van der Waals surface area contributed by atoms with Crippen LogP contribution in [0, 0.1) is 0 Å². The van der Waals surface area contributed by atoms with E-state index in [-0.39, 0.29) is 6.61 Å². The number of carbonyl (C=O) groups excluding carboxylic acids is 2. The molecule has 0 saturated carbocycles. The molecule has 0 heterocycles. The van der Waals surface area contributed by atoms with E-state index in [1.165, 1.54) is 7.11 Å². The smallest absolute Gasteiger partial charge is 0.338 e. The maximum absolute atomic E-state index is 12.8. The second-order valence-corrected chi connectivity index (χ2v) is 8.05. The van der Waals surface area contributed by atoms with Crippen molar-refractivity contribution in [3.05, 3.63) is 83.4 Å². The number of hydrogen-bond acceptors (Lipinski definition) is 5. The molecule has 0 aliphatic carbocycles. The van der Waals surface area contributed by atoms with Crippen molar-refractivity contribution in [1.29, 1.82) is 0 Å². The fraction of sp³-hybridized carbons (Fsp3) is 0.231. The van der Waals surface area contributed by atoms with E-state index in [4.69, 9.17) is 14.2 Å². The van der Waals surface area contributed by atoms with Crippen molar-refractivity contribution in [2.75, 3.05) is 13.7 Å². The molecular formula is C26H26O5. The molecule has 5 heteroatoms. The Morgan fingerprint density at radius 3 is 2.26 bits per heavy atom. The first-order valence-electron chi connectivity index (χ1n) is 10.00. The molecule has 0 aromatic heterocycles. The molecule has 0 aliphatic rings. The molecule has 0 radical (unpaired) electrons. The van der Waals surface area contributed by atoms with Crippen molar-refractivity contribution in [2.24, 2.45) is 0 Å². The molecule has 160 valence electrons. The van der Waals surface area contributed by atoms with Gasteiger partial charge in [-0.3, -0.25) is 0 Å². The maximum Gasteiger partial charge on any atom is 0.338 e. The summed E-state index contributed by atoms with van der Waals surface area (Å²) in [4.78, 5) is 24.5. The summed E-state index contributed by atoms with van der Waals surface area (Å²) in [6.07, 6.45) is 1.71. The van der Waals surface area contributed by atoms with Gasteiger partial charge in [-0.05, 0) is 56.0 Å². The van der Waals surface area contributed by atoms with Crippen LogP contribution in [-0.2, 0) is 14.3 Å². The van der Waals surface area contributed by atoms with Gasteiger partial charge in [0.15, 0.2) is 0 Å². The zero-order valence-corrected chi connectivity index (χ0v) is 18.2. The Hall–Kier alpha value is -3.60. The molecule has 0 saturated heterocycles. The SMILES string of the molecule is COC(=O)c1ccc(/C=C(\COc2cccc3ccccc23)C(=O)OC(C)(C)C)cc1. The minimum atomic E-state index is -0.635. The first-order chi connectivity index (χ1) is 14.8. The number of carbonyl (C=O) groups is 2. The molecule has 3 aromatic carbocycles. The molecular weight excluding hydrogens is 392 g/mol. The van der Waals surface area contributed by atoms with Crippen molar-refractivity contribution in [2.45, 2.75) is 26.4 Å². The Balaban J connectivity index is 1.88. The highest BCUT2D eigenvalue weighted by atomic mass is 16.6. The van der Waals surface area contributed by atoms with Gasteiger partial charge in [0.1, 0.15) is 18.0 Å². The van der Waals surface area contributed by atoms with E-state index in [2.05, 4.69) is 0 Å². The van der Waals surface area contributed by atoms with Gasteiger partial charge in [-0.1, -0.05) is 48.5 Å². The van der Waals surface area contributed by atoms with Crippen LogP contribution in [0.15, 0.2) is 72.3 Å². The average Bonchev–Trinajstić information content (AvgIpc) is 2.75. The monoisotopic (exact) mass is 418 g/mol. The number of esters is 2. The first kappa shape index (κ1) is 22.1. The van der Waals surface area contributed by atoms with Gasteiger partial charge in [0.2, 0.25) is 0 Å². The number of fused-ring (bicyclic) bond motifs is 1. The summed E-state index contributed by atoms with van der Waals surface area (Å²) in [6, 6.07) is 20.5. The Kier molecular flexibility index (Phi) is 6.75. The summed E-state index contributed by atoms with van der Waals surface area (Å²) in [5, 5.41) is 2.03. The minimum Gasteiger partial charge on any atom is -0.488 e. The van der Waals surface area contributed by atoms with Gasteiger partial charge in [-0.15, -0.1) is 0 Å². The van der Waals surface area contributed by atoms with E-state index in [1.54, 1.807) is 30.3 Å². The third-order valence-corrected chi connectivity index (χ3v) is 4.47. The lowest BCUT2D eigenvalue weighted by molar-refractivity contribution is -0.150. The Bertz CT molecular complexity index is 1100. The molecule has 0 bridgehead atoms. The minimum absolute atomic E-state index is 0.0433. The summed E-state index contributed by atoms with van der Waals surface area (Å²) in [6.45, 7) is 5.50. The predicted octanol–water partition coefficient (Wildman–Crippen LogP) is 5.43. The Morgan fingerprint density at radius 2 is 1.58 bits per heavy atom. The van der Waals surface area contributed by atoms with Crippen LogP contribution in [0.3, 0.4) is 0 Å². The number of hydrogen-bond donors (Lipinski definition) is 0. The fourth-order valence-electron chi connectivity index (χ4n) is 3.01. The van der Waals surface area contributed by atoms with E-state index in [9.17, 15) is 9.59 Å². The van der Waals surface area contributed by atoms with Gasteiger partial charge in [-0.25, -0.2) is 9.59 Å². The summed E-state index contributed by atoms with van der Waals surface area (Å²) in [5.41, 5.74) is 0.916. The molecule has 0 atom stereocenters. The zero-order chi connectivity index (χ0) is 22.4. The normalized spacial score (nSPS) is 11.8. The van der Waals surface area contributed by atoms with Crippen molar-refractivity contribution in [3.8, 4) is 5.75 Å². The van der Waals surface area contributed by atoms with E-state index >= 15 is 0 Å². The maximum atomic E-state index is 12.8. The van der Waals surface area contributed by atoms with Gasteiger partial charge in [0.05, 0.1) is 18.2 Å². The average molecular weight is 418 g/mol. The summed E-state index contributed by atoms with van der Waals surface area (Å²) >= 11 is 0. The molecule has 31 heavy (non-hydrogen) atoms. The molecule has 0 fully saturated rings. The highest BCUT2D eigenvalue weighted by Gasteiger charge is 2.21. The second kappa shape index (κ2) is 9.47. The van der Waals surface area contributed by atoms with Crippen LogP contribution in [0.4, 0.5) is 0 Å². The second-order valence-electron chi connectivity index (χ2n) is 8.05. The van der Waals surface area contributed by atoms with Crippen molar-refractivity contribution in [3.63, 3.8) is 0 Å². The molecule has 0 amide bonds. The molecule has 0 N–H and O–H groups in total. The van der Waals surface area contributed by atoms with Crippen LogP contribution in [0.25, 0.3) is 16.8 Å². The van der Waals surface area contributed by atoms with E-state index in [0.717, 1.165) is 16.3 Å². The topological polar surface area (TPSA) is 61.8 Å². The van der Waals surface area contributed by atoms with Crippen molar-refractivity contribution < 1.29 is 23.8 Å². The fourth-order valence-corrected chi connectivity index (χ4v) is 3.01. The van der Waals surface area contributed by atoms with E-state index < -0.39 is 17.5 Å². The Labute approximate surface area is 182 Å². The molecule has 5 nitrogen and oxygen atoms in total. The molecule has 0 unspecified atom stereocenters. The van der Waals surface area contributed by atoms with Gasteiger partial charge < -0.3 is 14.2 Å². The van der Waals surface area contributed by atoms with Crippen LogP contribution in [0.5, 0.6) is 5.75 Å². The van der Waals surface area contributed by atoms with Gasteiger partial charge in [0.25, 0.3) is 0 Å². The number of ether oxygens (including phenoxy) is 3. The molecule has 0 aliphatic heterocycles. The quantitative estimate of drug-likeness (QED) is 0.395. The lowest BCUT2D eigenvalue weighted by Crippen LogP contribution is -2.26. The van der Waals surface area contributed by atoms with Crippen LogP contribution < -0.4 is 4.74 Å². The molecule has 0 spiro atoms. The van der Waals surface area contributed by atoms with Gasteiger partial charge >= 0.3 is 11.9 Å². The lowest BCUT2D eigenvalue weighted by Gasteiger charge is -2.21. The summed E-state index contributed by atoms with van der Waals surface area (Å²) in [7, 11) is 1.33. The van der Waals surface area contributed by atoms with Crippen LogP contribution >= 0.6 is 0 Å². The molecule has 3 aromatic rings. The van der Waals surface area contributed by atoms with E-state index in [0.29, 0.717) is 16.9 Å². The van der Waals surface area contributed by atoms with Crippen LogP contribution in [0.2, 0.25) is 0 Å². The van der Waals surface area contributed by atoms with Gasteiger partial charge in [-0.2, -0.15) is 0 Å². The largest absolute Gasteiger partial charge is 0.488 e. The number of methoxy groups -OCH3 is 1. The zero-order valence-electron chi connectivity index (χ0n) is 18.2. The highest BCUT2D eigenvalue weighted by molar-refractivity contribution is 5.95. The van der Waals surface area contributed by atoms with Crippen molar-refractivity contribution in [1.82, 2.24) is 0 Å².